The Labute approximate surface area is 124 Å². The summed E-state index contributed by atoms with van der Waals surface area (Å²) >= 11 is 0. The zero-order valence-electron chi connectivity index (χ0n) is 13.3. The van der Waals surface area contributed by atoms with Crippen molar-refractivity contribution >= 4 is 0 Å². The van der Waals surface area contributed by atoms with E-state index in [2.05, 4.69) is 26.0 Å². The van der Waals surface area contributed by atoms with Gasteiger partial charge in [0.15, 0.2) is 0 Å². The molecule has 0 aromatic rings. The maximum atomic E-state index is 2.52. The van der Waals surface area contributed by atoms with Crippen molar-refractivity contribution in [2.75, 3.05) is 0 Å². The van der Waals surface area contributed by atoms with Gasteiger partial charge in [-0.2, -0.15) is 0 Å². The molecule has 6 atom stereocenters. The Balaban J connectivity index is 0.000000127. The largest absolute Gasteiger partial charge is 0.0850 e. The first-order chi connectivity index (χ1) is 9.72. The Morgan fingerprint density at radius 1 is 1.00 bits per heavy atom. The molecule has 3 saturated carbocycles. The van der Waals surface area contributed by atoms with Crippen LogP contribution in [0.2, 0.25) is 0 Å². The molecule has 0 N–H and O–H groups in total. The molecule has 0 nitrogen and oxygen atoms in total. The lowest BCUT2D eigenvalue weighted by molar-refractivity contribution is 0.164. The Kier molecular flexibility index (Phi) is 3.32. The lowest BCUT2D eigenvalue weighted by Crippen LogP contribution is -2.31. The minimum atomic E-state index is 0.897. The summed E-state index contributed by atoms with van der Waals surface area (Å²) in [4.78, 5) is 0. The van der Waals surface area contributed by atoms with Crippen LogP contribution in [0.3, 0.4) is 0 Å². The van der Waals surface area contributed by atoms with Crippen LogP contribution in [-0.2, 0) is 0 Å². The van der Waals surface area contributed by atoms with E-state index in [0.29, 0.717) is 0 Å². The van der Waals surface area contributed by atoms with Gasteiger partial charge in [0.1, 0.15) is 0 Å². The summed E-state index contributed by atoms with van der Waals surface area (Å²) in [6.07, 6.45) is 16.8. The van der Waals surface area contributed by atoms with Crippen molar-refractivity contribution in [2.24, 2.45) is 35.5 Å². The molecule has 6 unspecified atom stereocenters. The Morgan fingerprint density at radius 2 is 1.85 bits per heavy atom. The maximum absolute atomic E-state index is 2.52. The fourth-order valence-electron chi connectivity index (χ4n) is 6.08. The lowest BCUT2D eigenvalue weighted by atomic mass is 9.66. The van der Waals surface area contributed by atoms with Crippen LogP contribution in [0.25, 0.3) is 0 Å². The zero-order valence-corrected chi connectivity index (χ0v) is 13.3. The molecule has 4 bridgehead atoms. The predicted octanol–water partition coefficient (Wildman–Crippen LogP) is 5.75. The molecule has 0 heteroatoms. The standard InChI is InChI=1S/C13H20.C7H10/c1-8-3-6-12-10-4-5-11(7-10)13(12)9(8)2;1-2-7-4-3-6(1)5-7/h3,9-13H,4-7H2,1-2H3;1,7H,2-5H2. The third-order valence-electron chi connectivity index (χ3n) is 7.33. The molecule has 5 aliphatic rings. The molecule has 0 aliphatic heterocycles. The molecule has 3 fully saturated rings. The maximum Gasteiger partial charge on any atom is -0.0201 e. The summed E-state index contributed by atoms with van der Waals surface area (Å²) in [5.41, 5.74) is 3.42. The summed E-state index contributed by atoms with van der Waals surface area (Å²) in [7, 11) is 0. The average Bonchev–Trinajstić information content (AvgIpc) is 3.23. The summed E-state index contributed by atoms with van der Waals surface area (Å²) < 4.78 is 0. The van der Waals surface area contributed by atoms with E-state index in [0.717, 1.165) is 35.5 Å². The van der Waals surface area contributed by atoms with E-state index in [1.165, 1.54) is 32.1 Å². The van der Waals surface area contributed by atoms with Crippen LogP contribution in [0.15, 0.2) is 23.3 Å². The first-order valence-electron chi connectivity index (χ1n) is 9.07. The van der Waals surface area contributed by atoms with Crippen molar-refractivity contribution in [3.05, 3.63) is 23.3 Å². The van der Waals surface area contributed by atoms with E-state index in [-0.39, 0.29) is 0 Å². The molecular weight excluding hydrogens is 240 g/mol. The SMILES string of the molecule is C1=C2CCC(C1)C2.CC1=CCC2C3CCC(C3)C2C1C. The van der Waals surface area contributed by atoms with Crippen LogP contribution in [0, 0.1) is 35.5 Å². The summed E-state index contributed by atoms with van der Waals surface area (Å²) in [5, 5.41) is 0. The van der Waals surface area contributed by atoms with Gasteiger partial charge in [0.05, 0.1) is 0 Å². The Hall–Kier alpha value is -0.520. The summed E-state index contributed by atoms with van der Waals surface area (Å²) in [6.45, 7) is 4.80. The minimum absolute atomic E-state index is 0.897. The molecule has 0 saturated heterocycles. The predicted molar refractivity (Wildman–Crippen MR) is 85.4 cm³/mol. The van der Waals surface area contributed by atoms with E-state index in [1.54, 1.807) is 30.4 Å². The van der Waals surface area contributed by atoms with Crippen molar-refractivity contribution < 1.29 is 0 Å². The van der Waals surface area contributed by atoms with Gasteiger partial charge in [0.2, 0.25) is 0 Å². The van der Waals surface area contributed by atoms with Gasteiger partial charge in [0, 0.05) is 0 Å². The van der Waals surface area contributed by atoms with E-state index in [1.807, 2.05) is 0 Å². The van der Waals surface area contributed by atoms with Gasteiger partial charge in [-0.1, -0.05) is 30.2 Å². The molecule has 5 rings (SSSR count). The molecule has 0 radical (unpaired) electrons. The van der Waals surface area contributed by atoms with Gasteiger partial charge in [-0.05, 0) is 93.8 Å². The van der Waals surface area contributed by atoms with Crippen molar-refractivity contribution in [2.45, 2.75) is 65.2 Å². The van der Waals surface area contributed by atoms with E-state index in [9.17, 15) is 0 Å². The first kappa shape index (κ1) is 13.2. The van der Waals surface area contributed by atoms with Crippen LogP contribution < -0.4 is 0 Å². The van der Waals surface area contributed by atoms with Gasteiger partial charge >= 0.3 is 0 Å². The van der Waals surface area contributed by atoms with Crippen LogP contribution in [0.1, 0.15) is 65.2 Å². The fraction of sp³-hybridized carbons (Fsp3) is 0.800. The van der Waals surface area contributed by atoms with Crippen molar-refractivity contribution in [3.8, 4) is 0 Å². The number of rotatable bonds is 0. The lowest BCUT2D eigenvalue weighted by Gasteiger charge is -2.39. The smallest absolute Gasteiger partial charge is 0.0201 e. The number of hydrogen-bond donors (Lipinski definition) is 0. The quantitative estimate of drug-likeness (QED) is 0.491. The summed E-state index contributed by atoms with van der Waals surface area (Å²) in [5.74, 6) is 6.35. The van der Waals surface area contributed by atoms with Crippen LogP contribution in [0.4, 0.5) is 0 Å². The van der Waals surface area contributed by atoms with Crippen molar-refractivity contribution in [1.29, 1.82) is 0 Å². The molecule has 5 aliphatic carbocycles. The molecule has 0 heterocycles. The first-order valence-corrected chi connectivity index (χ1v) is 9.07. The highest BCUT2D eigenvalue weighted by molar-refractivity contribution is 5.16. The minimum Gasteiger partial charge on any atom is -0.0850 e. The normalized spacial score (nSPS) is 47.5. The molecule has 0 aromatic heterocycles. The molecule has 0 spiro atoms. The topological polar surface area (TPSA) is 0 Å². The molecule has 0 aromatic carbocycles. The monoisotopic (exact) mass is 270 g/mol. The highest BCUT2D eigenvalue weighted by Gasteiger charge is 2.50. The number of fused-ring (bicyclic) bond motifs is 7. The van der Waals surface area contributed by atoms with E-state index < -0.39 is 0 Å². The van der Waals surface area contributed by atoms with Gasteiger partial charge in [-0.15, -0.1) is 0 Å². The van der Waals surface area contributed by atoms with Gasteiger partial charge in [-0.3, -0.25) is 0 Å². The van der Waals surface area contributed by atoms with Gasteiger partial charge in [0.25, 0.3) is 0 Å². The van der Waals surface area contributed by atoms with E-state index >= 15 is 0 Å². The third kappa shape index (κ3) is 2.11. The Morgan fingerprint density at radius 3 is 2.45 bits per heavy atom. The van der Waals surface area contributed by atoms with Crippen molar-refractivity contribution in [1.82, 2.24) is 0 Å². The number of hydrogen-bond acceptors (Lipinski definition) is 0. The second-order valence-corrected chi connectivity index (χ2v) is 8.25. The second-order valence-electron chi connectivity index (χ2n) is 8.25. The molecule has 0 amide bonds. The van der Waals surface area contributed by atoms with E-state index in [4.69, 9.17) is 0 Å². The Bertz CT molecular complexity index is 441. The average molecular weight is 270 g/mol. The van der Waals surface area contributed by atoms with Crippen molar-refractivity contribution in [3.63, 3.8) is 0 Å². The third-order valence-corrected chi connectivity index (χ3v) is 7.33. The number of allylic oxidation sites excluding steroid dienone is 4. The summed E-state index contributed by atoms with van der Waals surface area (Å²) in [6, 6.07) is 0. The fourth-order valence-corrected chi connectivity index (χ4v) is 6.08. The molecular formula is C20H30. The zero-order chi connectivity index (χ0) is 13.7. The second kappa shape index (κ2) is 5.04. The highest BCUT2D eigenvalue weighted by atomic mass is 14.5. The van der Waals surface area contributed by atoms with Crippen LogP contribution >= 0.6 is 0 Å². The van der Waals surface area contributed by atoms with Crippen LogP contribution in [-0.4, -0.2) is 0 Å². The molecule has 110 valence electrons. The van der Waals surface area contributed by atoms with Gasteiger partial charge < -0.3 is 0 Å². The molecule has 20 heavy (non-hydrogen) atoms. The van der Waals surface area contributed by atoms with Gasteiger partial charge in [-0.25, -0.2) is 0 Å². The van der Waals surface area contributed by atoms with Crippen LogP contribution in [0.5, 0.6) is 0 Å². The highest BCUT2D eigenvalue weighted by Crippen LogP contribution is 2.58.